The van der Waals surface area contributed by atoms with E-state index in [-0.39, 0.29) is 0 Å². The van der Waals surface area contributed by atoms with Crippen LogP contribution >= 0.6 is 0 Å². The smallest absolute Gasteiger partial charge is 0.133 e. The zero-order chi connectivity index (χ0) is 17.8. The number of Topliss-reactive ketones (excluding diaryl/α,β-unsaturated/α-hetero) is 1. The van der Waals surface area contributed by atoms with E-state index in [1.165, 1.54) is 51.4 Å². The van der Waals surface area contributed by atoms with E-state index < -0.39 is 0 Å². The van der Waals surface area contributed by atoms with Crippen molar-refractivity contribution in [3.05, 3.63) is 0 Å². The largest absolute Gasteiger partial charge is 0.384 e. The summed E-state index contributed by atoms with van der Waals surface area (Å²) in [6.45, 7) is 7.65. The fourth-order valence-corrected chi connectivity index (χ4v) is 8.57. The van der Waals surface area contributed by atoms with Crippen LogP contribution in [0.15, 0.2) is 0 Å². The molecule has 0 bridgehead atoms. The minimum absolute atomic E-state index is 0.298. The van der Waals surface area contributed by atoms with E-state index in [1.54, 1.807) is 0 Å². The van der Waals surface area contributed by atoms with Crippen LogP contribution in [-0.2, 0) is 9.53 Å². The molecule has 9 atom stereocenters. The van der Waals surface area contributed by atoms with Gasteiger partial charge in [0, 0.05) is 19.6 Å². The molecule has 0 aromatic heterocycles. The van der Waals surface area contributed by atoms with Crippen molar-refractivity contribution in [1.29, 1.82) is 0 Å². The van der Waals surface area contributed by atoms with Crippen molar-refractivity contribution in [3.63, 3.8) is 0 Å². The molecule has 0 amide bonds. The molecular weight excluding hydrogens is 308 g/mol. The highest BCUT2D eigenvalue weighted by molar-refractivity contribution is 5.80. The minimum atomic E-state index is 0.298. The molecule has 0 aliphatic heterocycles. The van der Waals surface area contributed by atoms with Crippen LogP contribution in [-0.4, -0.2) is 19.5 Å². The molecule has 0 heterocycles. The molecule has 0 spiro atoms. The Kier molecular flexibility index (Phi) is 4.80. The van der Waals surface area contributed by atoms with Gasteiger partial charge in [-0.1, -0.05) is 13.8 Å². The van der Waals surface area contributed by atoms with E-state index in [9.17, 15) is 4.79 Å². The molecule has 4 saturated carbocycles. The van der Waals surface area contributed by atoms with Crippen LogP contribution in [0, 0.1) is 52.8 Å². The third-order valence-corrected chi connectivity index (χ3v) is 9.25. The lowest BCUT2D eigenvalue weighted by atomic mass is 9.49. The van der Waals surface area contributed by atoms with Crippen LogP contribution in [0.25, 0.3) is 0 Å². The minimum Gasteiger partial charge on any atom is -0.384 e. The van der Waals surface area contributed by atoms with Crippen molar-refractivity contribution in [3.8, 4) is 0 Å². The average molecular weight is 347 g/mol. The van der Waals surface area contributed by atoms with E-state index in [4.69, 9.17) is 4.74 Å². The number of fused-ring (bicyclic) bond motifs is 5. The second kappa shape index (κ2) is 6.66. The maximum Gasteiger partial charge on any atom is 0.133 e. The molecule has 2 nitrogen and oxygen atoms in total. The molecule has 25 heavy (non-hydrogen) atoms. The topological polar surface area (TPSA) is 26.3 Å². The Labute approximate surface area is 154 Å². The molecule has 0 saturated heterocycles. The molecule has 0 radical (unpaired) electrons. The molecule has 4 aliphatic rings. The van der Waals surface area contributed by atoms with E-state index in [1.807, 2.05) is 14.0 Å². The summed E-state index contributed by atoms with van der Waals surface area (Å²) in [6.07, 6.45) is 11.1. The molecular formula is C23H38O2. The van der Waals surface area contributed by atoms with E-state index >= 15 is 0 Å². The van der Waals surface area contributed by atoms with Gasteiger partial charge in [0.1, 0.15) is 5.78 Å². The number of hydrogen-bond acceptors (Lipinski definition) is 2. The highest BCUT2D eigenvalue weighted by atomic mass is 16.5. The number of ether oxygens (including phenoxy) is 1. The third kappa shape index (κ3) is 2.82. The molecule has 142 valence electrons. The van der Waals surface area contributed by atoms with Crippen LogP contribution in [0.4, 0.5) is 0 Å². The average Bonchev–Trinajstić information content (AvgIpc) is 2.85. The fourth-order valence-electron chi connectivity index (χ4n) is 8.57. The van der Waals surface area contributed by atoms with Crippen molar-refractivity contribution in [1.82, 2.24) is 0 Å². The molecule has 0 aromatic rings. The molecule has 4 rings (SSSR count). The zero-order valence-electron chi connectivity index (χ0n) is 16.8. The van der Waals surface area contributed by atoms with E-state index in [0.717, 1.165) is 42.1 Å². The van der Waals surface area contributed by atoms with E-state index in [2.05, 4.69) is 13.8 Å². The zero-order valence-corrected chi connectivity index (χ0v) is 16.8. The van der Waals surface area contributed by atoms with Gasteiger partial charge in [-0.15, -0.1) is 0 Å². The normalized spacial score (nSPS) is 52.2. The van der Waals surface area contributed by atoms with Crippen LogP contribution in [0.2, 0.25) is 0 Å². The Morgan fingerprint density at radius 2 is 1.80 bits per heavy atom. The first-order valence-corrected chi connectivity index (χ1v) is 10.9. The van der Waals surface area contributed by atoms with Gasteiger partial charge in [0.15, 0.2) is 0 Å². The van der Waals surface area contributed by atoms with Gasteiger partial charge in [-0.05, 0) is 105 Å². The Morgan fingerprint density at radius 3 is 2.52 bits per heavy atom. The summed E-state index contributed by atoms with van der Waals surface area (Å²) in [5.41, 5.74) is 0.298. The Hall–Kier alpha value is -0.370. The summed E-state index contributed by atoms with van der Waals surface area (Å²) in [4.78, 5) is 12.4. The van der Waals surface area contributed by atoms with Gasteiger partial charge in [0.05, 0.1) is 0 Å². The predicted octanol–water partition coefficient (Wildman–Crippen LogP) is 5.35. The van der Waals surface area contributed by atoms with Gasteiger partial charge in [-0.3, -0.25) is 4.79 Å². The molecule has 0 N–H and O–H groups in total. The maximum atomic E-state index is 12.4. The second-order valence-corrected chi connectivity index (χ2v) is 10.4. The van der Waals surface area contributed by atoms with Gasteiger partial charge in [-0.2, -0.15) is 0 Å². The first-order valence-electron chi connectivity index (χ1n) is 10.9. The van der Waals surface area contributed by atoms with Crippen LogP contribution in [0.3, 0.4) is 0 Å². The monoisotopic (exact) mass is 346 g/mol. The SMILES string of the molecule is COCC1CCC2C(CCC3C2CCC2(C)C3C[C@@H](C)[C@@H]2C(C)=O)C1. The summed E-state index contributed by atoms with van der Waals surface area (Å²) in [5, 5.41) is 0. The third-order valence-electron chi connectivity index (χ3n) is 9.25. The summed E-state index contributed by atoms with van der Waals surface area (Å²) < 4.78 is 5.45. The summed E-state index contributed by atoms with van der Waals surface area (Å²) in [7, 11) is 1.86. The first kappa shape index (κ1) is 18.0. The number of ketones is 1. The Morgan fingerprint density at radius 1 is 1.04 bits per heavy atom. The lowest BCUT2D eigenvalue weighted by molar-refractivity contribution is -0.129. The van der Waals surface area contributed by atoms with Gasteiger partial charge >= 0.3 is 0 Å². The number of carbonyl (C=O) groups is 1. The highest BCUT2D eigenvalue weighted by Gasteiger charge is 2.59. The van der Waals surface area contributed by atoms with E-state index in [0.29, 0.717) is 23.0 Å². The van der Waals surface area contributed by atoms with Gasteiger partial charge in [0.25, 0.3) is 0 Å². The lowest BCUT2D eigenvalue weighted by Gasteiger charge is -2.56. The summed E-state index contributed by atoms with van der Waals surface area (Å²) >= 11 is 0. The number of carbonyl (C=O) groups excluding carboxylic acids is 1. The van der Waals surface area contributed by atoms with Crippen molar-refractivity contribution in [2.75, 3.05) is 13.7 Å². The Bertz CT molecular complexity index is 514. The van der Waals surface area contributed by atoms with Crippen molar-refractivity contribution in [2.45, 2.75) is 72.1 Å². The van der Waals surface area contributed by atoms with Crippen molar-refractivity contribution in [2.24, 2.45) is 52.8 Å². The Balaban J connectivity index is 1.52. The van der Waals surface area contributed by atoms with Gasteiger partial charge < -0.3 is 4.74 Å². The molecule has 4 fully saturated rings. The quantitative estimate of drug-likeness (QED) is 0.688. The van der Waals surface area contributed by atoms with Crippen LogP contribution in [0.5, 0.6) is 0 Å². The van der Waals surface area contributed by atoms with Gasteiger partial charge in [-0.25, -0.2) is 0 Å². The van der Waals surface area contributed by atoms with Crippen LogP contribution < -0.4 is 0 Å². The number of rotatable bonds is 3. The lowest BCUT2D eigenvalue weighted by Crippen LogP contribution is -2.49. The molecule has 4 aliphatic carbocycles. The predicted molar refractivity (Wildman–Crippen MR) is 101 cm³/mol. The molecule has 2 heteroatoms. The van der Waals surface area contributed by atoms with Crippen LogP contribution in [0.1, 0.15) is 72.1 Å². The summed E-state index contributed by atoms with van der Waals surface area (Å²) in [6, 6.07) is 0. The second-order valence-electron chi connectivity index (χ2n) is 10.4. The maximum absolute atomic E-state index is 12.4. The molecule has 0 aromatic carbocycles. The van der Waals surface area contributed by atoms with Gasteiger partial charge in [0.2, 0.25) is 0 Å². The standard InChI is InChI=1S/C23H38O2/c1-14-11-21-20-8-6-17-12-16(13-25-4)5-7-18(17)19(20)9-10-23(21,3)22(14)15(2)24/h14,16-22H,5-13H2,1-4H3/t14-,16?,17?,18?,19?,20?,21?,22-,23?/m1/s1. The number of methoxy groups -OCH3 is 1. The highest BCUT2D eigenvalue weighted by Crippen LogP contribution is 2.65. The molecule has 7 unspecified atom stereocenters. The fraction of sp³-hybridized carbons (Fsp3) is 0.957. The number of hydrogen-bond donors (Lipinski definition) is 0. The van der Waals surface area contributed by atoms with Crippen molar-refractivity contribution < 1.29 is 9.53 Å². The summed E-state index contributed by atoms with van der Waals surface area (Å²) in [5.74, 6) is 6.81. The first-order chi connectivity index (χ1) is 12.0. The van der Waals surface area contributed by atoms with Crippen molar-refractivity contribution >= 4 is 5.78 Å².